The second kappa shape index (κ2) is 8.80. The summed E-state index contributed by atoms with van der Waals surface area (Å²) in [5.74, 6) is 0.902. The number of hydrogen-bond acceptors (Lipinski definition) is 5. The minimum Gasteiger partial charge on any atom is -0.497 e. The van der Waals surface area contributed by atoms with E-state index in [1.165, 1.54) is 0 Å². The second-order valence-corrected chi connectivity index (χ2v) is 8.36. The Hall–Kier alpha value is -2.34. The first-order valence-electron chi connectivity index (χ1n) is 11.2. The number of Topliss-reactive ketones (excluding diaryl/α,β-unsaturated/α-hetero) is 1. The average Bonchev–Trinajstić information content (AvgIpc) is 3.07. The van der Waals surface area contributed by atoms with Crippen LogP contribution in [0.5, 0.6) is 5.75 Å². The van der Waals surface area contributed by atoms with E-state index in [4.69, 9.17) is 9.47 Å². The van der Waals surface area contributed by atoms with Crippen molar-refractivity contribution < 1.29 is 19.1 Å². The van der Waals surface area contributed by atoms with Gasteiger partial charge in [-0.2, -0.15) is 0 Å². The van der Waals surface area contributed by atoms with E-state index < -0.39 is 0 Å². The number of carbonyl (C=O) groups excluding carboxylic acids is 2. The highest BCUT2D eigenvalue weighted by Crippen LogP contribution is 2.46. The van der Waals surface area contributed by atoms with Crippen LogP contribution in [-0.2, 0) is 14.3 Å². The lowest BCUT2D eigenvalue weighted by atomic mass is 9.77. The van der Waals surface area contributed by atoms with Gasteiger partial charge in [0.05, 0.1) is 24.6 Å². The lowest BCUT2D eigenvalue weighted by molar-refractivity contribution is -0.135. The van der Waals surface area contributed by atoms with E-state index in [1.54, 1.807) is 7.11 Å². The Labute approximate surface area is 178 Å². The summed E-state index contributed by atoms with van der Waals surface area (Å²) in [6.07, 6.45) is 3.66. The van der Waals surface area contributed by atoms with Crippen molar-refractivity contribution in [1.82, 2.24) is 9.80 Å². The van der Waals surface area contributed by atoms with Crippen molar-refractivity contribution >= 4 is 11.7 Å². The Morgan fingerprint density at radius 2 is 1.80 bits per heavy atom. The molecule has 3 atom stereocenters. The lowest BCUT2D eigenvalue weighted by Gasteiger charge is -2.35. The van der Waals surface area contributed by atoms with Crippen LogP contribution in [0.3, 0.4) is 0 Å². The van der Waals surface area contributed by atoms with Gasteiger partial charge in [-0.05, 0) is 50.0 Å². The Kier molecular flexibility index (Phi) is 6.14. The molecular formula is C24H32N2O4. The Bertz CT molecular complexity index is 828. The molecule has 1 aromatic carbocycles. The maximum absolute atomic E-state index is 13.5. The molecule has 0 spiro atoms. The summed E-state index contributed by atoms with van der Waals surface area (Å²) >= 11 is 0. The quantitative estimate of drug-likeness (QED) is 0.688. The van der Waals surface area contributed by atoms with Gasteiger partial charge >= 0.3 is 0 Å². The molecule has 3 aliphatic rings. The van der Waals surface area contributed by atoms with Gasteiger partial charge in [0.1, 0.15) is 11.9 Å². The molecule has 1 aliphatic carbocycles. The predicted octanol–water partition coefficient (Wildman–Crippen LogP) is 3.33. The van der Waals surface area contributed by atoms with Crippen LogP contribution in [0.25, 0.3) is 0 Å². The molecule has 0 radical (unpaired) electrons. The van der Waals surface area contributed by atoms with Crippen molar-refractivity contribution in [2.45, 2.75) is 51.7 Å². The number of likely N-dealkylation sites (N-methyl/N-ethyl adjacent to an activating group) is 1. The summed E-state index contributed by atoms with van der Waals surface area (Å²) in [5, 5.41) is 0. The SMILES string of the molecule is CCN(CC)CCN1C(=O)C2=C(C(=O)C3CCCCC3O2)C1c1ccc(OC)cc1. The van der Waals surface area contributed by atoms with Gasteiger partial charge in [-0.1, -0.05) is 32.4 Å². The van der Waals surface area contributed by atoms with Crippen molar-refractivity contribution in [2.75, 3.05) is 33.3 Å². The van der Waals surface area contributed by atoms with Crippen LogP contribution < -0.4 is 4.74 Å². The first-order valence-corrected chi connectivity index (χ1v) is 11.2. The molecule has 1 saturated carbocycles. The lowest BCUT2D eigenvalue weighted by Crippen LogP contribution is -2.39. The van der Waals surface area contributed by atoms with E-state index in [-0.39, 0.29) is 29.8 Å². The summed E-state index contributed by atoms with van der Waals surface area (Å²) in [7, 11) is 1.63. The number of fused-ring (bicyclic) bond motifs is 1. The minimum atomic E-state index is -0.385. The zero-order valence-electron chi connectivity index (χ0n) is 18.2. The van der Waals surface area contributed by atoms with E-state index in [0.29, 0.717) is 17.9 Å². The van der Waals surface area contributed by atoms with Gasteiger partial charge in [0.2, 0.25) is 0 Å². The maximum atomic E-state index is 13.5. The van der Waals surface area contributed by atoms with E-state index in [2.05, 4.69) is 18.7 Å². The average molecular weight is 413 g/mol. The number of hydrogen-bond donors (Lipinski definition) is 0. The Morgan fingerprint density at radius 3 is 2.47 bits per heavy atom. The fourth-order valence-corrected chi connectivity index (χ4v) is 5.04. The van der Waals surface area contributed by atoms with Crippen LogP contribution in [-0.4, -0.2) is 60.9 Å². The molecule has 6 heteroatoms. The third-order valence-electron chi connectivity index (χ3n) is 6.84. The van der Waals surface area contributed by atoms with Crippen molar-refractivity contribution in [3.63, 3.8) is 0 Å². The van der Waals surface area contributed by atoms with Gasteiger partial charge in [0.15, 0.2) is 11.5 Å². The van der Waals surface area contributed by atoms with Crippen molar-refractivity contribution in [2.24, 2.45) is 5.92 Å². The Morgan fingerprint density at radius 1 is 1.10 bits per heavy atom. The van der Waals surface area contributed by atoms with Crippen LogP contribution in [0.1, 0.15) is 51.1 Å². The number of amides is 1. The molecule has 2 heterocycles. The minimum absolute atomic E-state index is 0.112. The molecule has 1 amide bonds. The molecule has 1 aromatic rings. The predicted molar refractivity (Wildman–Crippen MR) is 114 cm³/mol. The number of carbonyl (C=O) groups is 2. The van der Waals surface area contributed by atoms with Crippen LogP contribution >= 0.6 is 0 Å². The molecule has 0 aromatic heterocycles. The van der Waals surface area contributed by atoms with Gasteiger partial charge in [0.25, 0.3) is 5.91 Å². The molecule has 6 nitrogen and oxygen atoms in total. The molecule has 0 bridgehead atoms. The molecular weight excluding hydrogens is 380 g/mol. The van der Waals surface area contributed by atoms with Gasteiger partial charge < -0.3 is 19.3 Å². The van der Waals surface area contributed by atoms with Crippen LogP contribution in [0.2, 0.25) is 0 Å². The number of rotatable bonds is 7. The van der Waals surface area contributed by atoms with Crippen LogP contribution in [0.15, 0.2) is 35.6 Å². The number of nitrogens with zero attached hydrogens (tertiary/aromatic N) is 2. The summed E-state index contributed by atoms with van der Waals surface area (Å²) in [4.78, 5) is 31.1. The van der Waals surface area contributed by atoms with Crippen LogP contribution in [0, 0.1) is 5.92 Å². The van der Waals surface area contributed by atoms with E-state index in [9.17, 15) is 9.59 Å². The molecule has 30 heavy (non-hydrogen) atoms. The van der Waals surface area contributed by atoms with E-state index in [1.807, 2.05) is 29.2 Å². The zero-order valence-corrected chi connectivity index (χ0v) is 18.2. The van der Waals surface area contributed by atoms with Crippen molar-refractivity contribution in [3.05, 3.63) is 41.2 Å². The Balaban J connectivity index is 1.70. The molecule has 4 rings (SSSR count). The van der Waals surface area contributed by atoms with E-state index >= 15 is 0 Å². The van der Waals surface area contributed by atoms with Gasteiger partial charge in [-0.3, -0.25) is 9.59 Å². The summed E-state index contributed by atoms with van der Waals surface area (Å²) in [5.41, 5.74) is 1.49. The zero-order chi connectivity index (χ0) is 21.3. The van der Waals surface area contributed by atoms with Gasteiger partial charge in [-0.15, -0.1) is 0 Å². The highest BCUT2D eigenvalue weighted by atomic mass is 16.5. The fraction of sp³-hybridized carbons (Fsp3) is 0.583. The van der Waals surface area contributed by atoms with E-state index in [0.717, 1.165) is 56.6 Å². The number of methoxy groups -OCH3 is 1. The van der Waals surface area contributed by atoms with Crippen LogP contribution in [0.4, 0.5) is 0 Å². The largest absolute Gasteiger partial charge is 0.497 e. The smallest absolute Gasteiger partial charge is 0.290 e. The van der Waals surface area contributed by atoms with Crippen molar-refractivity contribution in [1.29, 1.82) is 0 Å². The van der Waals surface area contributed by atoms with Gasteiger partial charge in [0, 0.05) is 13.1 Å². The fourth-order valence-electron chi connectivity index (χ4n) is 5.04. The first-order chi connectivity index (χ1) is 14.6. The molecule has 0 N–H and O–H groups in total. The standard InChI is InChI=1S/C24H32N2O4/c1-4-25(5-2)14-15-26-21(16-10-12-17(29-3)13-11-16)20-22(27)18-8-6-7-9-19(18)30-23(20)24(26)28/h10-13,18-19,21H,4-9,14-15H2,1-3H3. The first kappa shape index (κ1) is 20.9. The van der Waals surface area contributed by atoms with Gasteiger partial charge in [-0.25, -0.2) is 0 Å². The summed E-state index contributed by atoms with van der Waals surface area (Å²) < 4.78 is 11.5. The maximum Gasteiger partial charge on any atom is 0.290 e. The molecule has 2 aliphatic heterocycles. The summed E-state index contributed by atoms with van der Waals surface area (Å²) in [6.45, 7) is 7.44. The summed E-state index contributed by atoms with van der Waals surface area (Å²) in [6, 6.07) is 7.30. The van der Waals surface area contributed by atoms with Crippen molar-refractivity contribution in [3.8, 4) is 5.75 Å². The highest BCUT2D eigenvalue weighted by Gasteiger charge is 2.51. The number of benzene rings is 1. The molecule has 1 fully saturated rings. The normalized spacial score (nSPS) is 26.0. The second-order valence-electron chi connectivity index (χ2n) is 8.36. The molecule has 3 unspecified atom stereocenters. The third-order valence-corrected chi connectivity index (χ3v) is 6.84. The topological polar surface area (TPSA) is 59.1 Å². The number of ether oxygens (including phenoxy) is 2. The molecule has 0 saturated heterocycles. The highest BCUT2D eigenvalue weighted by molar-refractivity contribution is 6.11. The number of ketones is 1. The monoisotopic (exact) mass is 412 g/mol. The molecule has 162 valence electrons. The third kappa shape index (κ3) is 3.62.